The molecule has 0 amide bonds. The van der Waals surface area contributed by atoms with Crippen LogP contribution in [0.1, 0.15) is 25.0 Å². The highest BCUT2D eigenvalue weighted by Crippen LogP contribution is 2.50. The molecule has 3 heteroatoms. The Labute approximate surface area is 373 Å². The summed E-state index contributed by atoms with van der Waals surface area (Å²) in [6.07, 6.45) is 0. The zero-order valence-corrected chi connectivity index (χ0v) is 35.7. The van der Waals surface area contributed by atoms with E-state index in [1.165, 1.54) is 38.8 Å². The monoisotopic (exact) mass is 817 g/mol. The molecule has 0 saturated heterocycles. The minimum absolute atomic E-state index is 0.0932. The van der Waals surface area contributed by atoms with Gasteiger partial charge in [0.05, 0.1) is 22.4 Å². The summed E-state index contributed by atoms with van der Waals surface area (Å²) in [7, 11) is 0. The first-order chi connectivity index (χ1) is 31.5. The fraction of sp³-hybridized carbons (Fsp3) is 0.0492. The van der Waals surface area contributed by atoms with Gasteiger partial charge in [-0.25, -0.2) is 9.97 Å². The smallest absolute Gasteiger partial charge is 0.162 e. The van der Waals surface area contributed by atoms with E-state index in [1.807, 2.05) is 12.1 Å². The lowest BCUT2D eigenvalue weighted by Gasteiger charge is -2.22. The van der Waals surface area contributed by atoms with E-state index in [4.69, 9.17) is 9.97 Å². The van der Waals surface area contributed by atoms with Gasteiger partial charge in [0, 0.05) is 38.6 Å². The number of para-hydroxylation sites is 1. The molecule has 0 fully saturated rings. The van der Waals surface area contributed by atoms with Crippen LogP contribution in [0, 0.1) is 0 Å². The highest BCUT2D eigenvalue weighted by atomic mass is 15.0. The molecule has 12 rings (SSSR count). The van der Waals surface area contributed by atoms with Gasteiger partial charge in [0.2, 0.25) is 0 Å². The second kappa shape index (κ2) is 15.0. The van der Waals surface area contributed by atoms with Crippen molar-refractivity contribution in [3.8, 4) is 84.1 Å². The summed E-state index contributed by atoms with van der Waals surface area (Å²) in [5.41, 5.74) is 20.4. The summed E-state index contributed by atoms with van der Waals surface area (Å²) in [6.45, 7) is 4.70. The SMILES string of the molecule is CC1(C)c2ccccc2-c2ccc(-c3ccc4c(c3)c3cccc(-c5nc(-c6ccccc6)cc(-c6ccccc6)n5)c3n4-c3cc(-c4ccccc4)cc(-c4ccccc4)c3)cc21. The van der Waals surface area contributed by atoms with Crippen LogP contribution in [0.5, 0.6) is 0 Å². The maximum Gasteiger partial charge on any atom is 0.162 e. The van der Waals surface area contributed by atoms with Crippen molar-refractivity contribution in [3.63, 3.8) is 0 Å². The van der Waals surface area contributed by atoms with Crippen LogP contribution >= 0.6 is 0 Å². The van der Waals surface area contributed by atoms with E-state index in [2.05, 4.69) is 231 Å². The minimum Gasteiger partial charge on any atom is -0.308 e. The number of benzene rings is 9. The fourth-order valence-corrected chi connectivity index (χ4v) is 10.00. The van der Waals surface area contributed by atoms with Gasteiger partial charge in [0.25, 0.3) is 0 Å². The normalized spacial score (nSPS) is 12.7. The Morgan fingerprint density at radius 2 is 0.859 bits per heavy atom. The summed E-state index contributed by atoms with van der Waals surface area (Å²) in [5.74, 6) is 0.679. The van der Waals surface area contributed by atoms with E-state index in [0.29, 0.717) is 5.82 Å². The van der Waals surface area contributed by atoms with Crippen molar-refractivity contribution in [3.05, 3.63) is 236 Å². The lowest BCUT2D eigenvalue weighted by atomic mass is 9.81. The Kier molecular flexibility index (Phi) is 8.84. The van der Waals surface area contributed by atoms with Crippen molar-refractivity contribution in [2.75, 3.05) is 0 Å². The highest BCUT2D eigenvalue weighted by molar-refractivity contribution is 6.14. The van der Waals surface area contributed by atoms with E-state index in [0.717, 1.165) is 72.4 Å². The van der Waals surface area contributed by atoms with Gasteiger partial charge in [0.1, 0.15) is 0 Å². The van der Waals surface area contributed by atoms with Crippen LogP contribution in [-0.2, 0) is 5.41 Å². The summed E-state index contributed by atoms with van der Waals surface area (Å²) in [5, 5.41) is 2.32. The van der Waals surface area contributed by atoms with Crippen molar-refractivity contribution in [1.82, 2.24) is 14.5 Å². The van der Waals surface area contributed by atoms with Crippen LogP contribution in [0.25, 0.3) is 106 Å². The summed E-state index contributed by atoms with van der Waals surface area (Å²) < 4.78 is 2.45. The first-order valence-electron chi connectivity index (χ1n) is 22.1. The molecule has 0 spiro atoms. The molecule has 2 heterocycles. The molecule has 0 N–H and O–H groups in total. The number of hydrogen-bond donors (Lipinski definition) is 0. The van der Waals surface area contributed by atoms with Gasteiger partial charge in [-0.2, -0.15) is 0 Å². The fourth-order valence-electron chi connectivity index (χ4n) is 10.00. The molecule has 0 radical (unpaired) electrons. The lowest BCUT2D eigenvalue weighted by molar-refractivity contribution is 0.660. The van der Waals surface area contributed by atoms with E-state index < -0.39 is 0 Å². The van der Waals surface area contributed by atoms with E-state index in [-0.39, 0.29) is 5.41 Å². The van der Waals surface area contributed by atoms with Crippen LogP contribution in [0.3, 0.4) is 0 Å². The van der Waals surface area contributed by atoms with Gasteiger partial charge in [0.15, 0.2) is 5.82 Å². The third kappa shape index (κ3) is 6.28. The molecule has 11 aromatic rings. The zero-order chi connectivity index (χ0) is 42.8. The lowest BCUT2D eigenvalue weighted by Crippen LogP contribution is -2.14. The number of fused-ring (bicyclic) bond motifs is 6. The van der Waals surface area contributed by atoms with E-state index >= 15 is 0 Å². The number of aromatic nitrogens is 3. The third-order valence-electron chi connectivity index (χ3n) is 13.2. The van der Waals surface area contributed by atoms with Crippen molar-refractivity contribution in [2.45, 2.75) is 19.3 Å². The second-order valence-electron chi connectivity index (χ2n) is 17.4. The molecular formula is C61H43N3. The quantitative estimate of drug-likeness (QED) is 0.160. The standard InChI is InChI=1S/C61H43N3/c1-61(2)54-29-16-15-26-49(54)50-32-30-45(38-55(50)61)44-31-33-58-53(37-44)51-27-17-28-52(60-62-56(42-22-11-5-12-23-42)39-57(63-60)43-24-13-6-14-25-43)59(51)64(58)48-35-46(40-18-7-3-8-19-40)34-47(36-48)41-20-9-4-10-21-41/h3-39H,1-2H3. The predicted molar refractivity (Wildman–Crippen MR) is 267 cm³/mol. The van der Waals surface area contributed by atoms with Gasteiger partial charge in [-0.15, -0.1) is 0 Å². The highest BCUT2D eigenvalue weighted by Gasteiger charge is 2.35. The molecule has 0 atom stereocenters. The predicted octanol–water partition coefficient (Wildman–Crippen LogP) is 15.9. The topological polar surface area (TPSA) is 30.7 Å². The van der Waals surface area contributed by atoms with Gasteiger partial charge >= 0.3 is 0 Å². The third-order valence-corrected chi connectivity index (χ3v) is 13.2. The van der Waals surface area contributed by atoms with Gasteiger partial charge < -0.3 is 4.57 Å². The van der Waals surface area contributed by atoms with E-state index in [1.54, 1.807) is 0 Å². The average molecular weight is 818 g/mol. The largest absolute Gasteiger partial charge is 0.308 e. The Morgan fingerprint density at radius 1 is 0.344 bits per heavy atom. The molecule has 1 aliphatic carbocycles. The molecule has 9 aromatic carbocycles. The summed E-state index contributed by atoms with van der Waals surface area (Å²) >= 11 is 0. The molecule has 1 aliphatic rings. The maximum atomic E-state index is 5.39. The van der Waals surface area contributed by atoms with Crippen LogP contribution < -0.4 is 0 Å². The van der Waals surface area contributed by atoms with Crippen molar-refractivity contribution < 1.29 is 0 Å². The molecule has 64 heavy (non-hydrogen) atoms. The first-order valence-corrected chi connectivity index (χ1v) is 22.1. The molecule has 0 bridgehead atoms. The summed E-state index contributed by atoms with van der Waals surface area (Å²) in [6, 6.07) is 80.9. The average Bonchev–Trinajstić information content (AvgIpc) is 3.82. The number of rotatable bonds is 7. The Balaban J connectivity index is 1.14. The Bertz CT molecular complexity index is 3440. The van der Waals surface area contributed by atoms with Crippen molar-refractivity contribution in [2.24, 2.45) is 0 Å². The zero-order valence-electron chi connectivity index (χ0n) is 35.7. The van der Waals surface area contributed by atoms with Gasteiger partial charge in [-0.3, -0.25) is 0 Å². The maximum absolute atomic E-state index is 5.39. The summed E-state index contributed by atoms with van der Waals surface area (Å²) in [4.78, 5) is 10.8. The second-order valence-corrected chi connectivity index (χ2v) is 17.4. The molecule has 3 nitrogen and oxygen atoms in total. The molecule has 302 valence electrons. The molecule has 0 unspecified atom stereocenters. The molecule has 0 saturated carbocycles. The van der Waals surface area contributed by atoms with Crippen LogP contribution in [0.4, 0.5) is 0 Å². The first kappa shape index (κ1) is 37.6. The molecule has 2 aromatic heterocycles. The van der Waals surface area contributed by atoms with Crippen molar-refractivity contribution in [1.29, 1.82) is 0 Å². The number of hydrogen-bond acceptors (Lipinski definition) is 2. The van der Waals surface area contributed by atoms with Crippen LogP contribution in [0.2, 0.25) is 0 Å². The van der Waals surface area contributed by atoms with Crippen LogP contribution in [0.15, 0.2) is 224 Å². The molecular weight excluding hydrogens is 775 g/mol. The molecule has 0 aliphatic heterocycles. The number of nitrogens with zero attached hydrogens (tertiary/aromatic N) is 3. The van der Waals surface area contributed by atoms with Crippen LogP contribution in [-0.4, -0.2) is 14.5 Å². The van der Waals surface area contributed by atoms with Gasteiger partial charge in [-0.05, 0) is 104 Å². The van der Waals surface area contributed by atoms with Gasteiger partial charge in [-0.1, -0.05) is 190 Å². The Morgan fingerprint density at radius 3 is 1.48 bits per heavy atom. The van der Waals surface area contributed by atoms with Crippen molar-refractivity contribution >= 4 is 21.8 Å². The Hall–Kier alpha value is -8.14. The minimum atomic E-state index is -0.0932. The van der Waals surface area contributed by atoms with E-state index in [9.17, 15) is 0 Å².